The summed E-state index contributed by atoms with van der Waals surface area (Å²) >= 11 is 1.69. The molecule has 1 amide bonds. The smallest absolute Gasteiger partial charge is 0.227 e. The van der Waals surface area contributed by atoms with Crippen molar-refractivity contribution in [2.45, 2.75) is 31.6 Å². The summed E-state index contributed by atoms with van der Waals surface area (Å²) in [6, 6.07) is 6.28. The molecule has 1 fully saturated rings. The predicted molar refractivity (Wildman–Crippen MR) is 120 cm³/mol. The third-order valence-corrected chi connectivity index (χ3v) is 7.90. The standard InChI is InChI=1S/C21H24N4O3S2/c1-13-14(2)29-21-18(13)19(22-12-23-21)25-10-8-15(9-11-25)20(26)24-16-4-6-17(7-5-16)30(3,27)28/h4-7,12,15H,8-11H2,1-3H3,(H,24,26). The number of sulfone groups is 1. The molecule has 0 unspecified atom stereocenters. The number of nitrogens with zero attached hydrogens (tertiary/aromatic N) is 3. The second-order valence-electron chi connectivity index (χ2n) is 7.71. The Morgan fingerprint density at radius 3 is 2.43 bits per heavy atom. The van der Waals surface area contributed by atoms with Crippen LogP contribution in [0.3, 0.4) is 0 Å². The van der Waals surface area contributed by atoms with Crippen LogP contribution < -0.4 is 10.2 Å². The maximum absolute atomic E-state index is 12.7. The molecule has 0 spiro atoms. The fraction of sp³-hybridized carbons (Fsp3) is 0.381. The van der Waals surface area contributed by atoms with Gasteiger partial charge in [0.15, 0.2) is 9.84 Å². The molecule has 1 N–H and O–H groups in total. The summed E-state index contributed by atoms with van der Waals surface area (Å²) < 4.78 is 23.1. The molecule has 0 aliphatic carbocycles. The highest BCUT2D eigenvalue weighted by atomic mass is 32.2. The van der Waals surface area contributed by atoms with Crippen LogP contribution in [0.15, 0.2) is 35.5 Å². The molecule has 1 saturated heterocycles. The fourth-order valence-electron chi connectivity index (χ4n) is 3.79. The minimum Gasteiger partial charge on any atom is -0.356 e. The van der Waals surface area contributed by atoms with Crippen LogP contribution in [0, 0.1) is 19.8 Å². The molecular formula is C21H24N4O3S2. The topological polar surface area (TPSA) is 92.3 Å². The van der Waals surface area contributed by atoms with Crippen molar-refractivity contribution in [1.29, 1.82) is 0 Å². The highest BCUT2D eigenvalue weighted by Gasteiger charge is 2.27. The molecule has 1 aliphatic rings. The Kier molecular flexibility index (Phi) is 5.50. The number of piperidine rings is 1. The van der Waals surface area contributed by atoms with E-state index in [-0.39, 0.29) is 16.7 Å². The zero-order chi connectivity index (χ0) is 21.5. The summed E-state index contributed by atoms with van der Waals surface area (Å²) in [5.41, 5.74) is 1.83. The van der Waals surface area contributed by atoms with Crippen LogP contribution in [0.5, 0.6) is 0 Å². The summed E-state index contributed by atoms with van der Waals surface area (Å²) in [4.78, 5) is 26.4. The molecule has 9 heteroatoms. The molecule has 158 valence electrons. The lowest BCUT2D eigenvalue weighted by Crippen LogP contribution is -2.38. The Morgan fingerprint density at radius 2 is 1.80 bits per heavy atom. The normalized spacial score (nSPS) is 15.5. The zero-order valence-electron chi connectivity index (χ0n) is 17.2. The average Bonchev–Trinajstić information content (AvgIpc) is 3.02. The van der Waals surface area contributed by atoms with E-state index in [2.05, 4.69) is 34.0 Å². The quantitative estimate of drug-likeness (QED) is 0.661. The summed E-state index contributed by atoms with van der Waals surface area (Å²) in [7, 11) is -3.25. The van der Waals surface area contributed by atoms with Gasteiger partial charge in [-0.05, 0) is 56.5 Å². The van der Waals surface area contributed by atoms with Crippen molar-refractivity contribution in [3.05, 3.63) is 41.0 Å². The molecular weight excluding hydrogens is 420 g/mol. The van der Waals surface area contributed by atoms with E-state index >= 15 is 0 Å². The van der Waals surface area contributed by atoms with Crippen molar-refractivity contribution in [3.63, 3.8) is 0 Å². The minimum atomic E-state index is -3.25. The molecule has 30 heavy (non-hydrogen) atoms. The number of hydrogen-bond donors (Lipinski definition) is 1. The summed E-state index contributed by atoms with van der Waals surface area (Å²) in [6.07, 6.45) is 4.26. The van der Waals surface area contributed by atoms with Gasteiger partial charge in [-0.15, -0.1) is 11.3 Å². The fourth-order valence-corrected chi connectivity index (χ4v) is 5.41. The van der Waals surface area contributed by atoms with Crippen molar-refractivity contribution >= 4 is 48.8 Å². The predicted octanol–water partition coefficient (Wildman–Crippen LogP) is 3.57. The van der Waals surface area contributed by atoms with Gasteiger partial charge in [0.25, 0.3) is 0 Å². The number of benzene rings is 1. The lowest BCUT2D eigenvalue weighted by atomic mass is 9.95. The van der Waals surface area contributed by atoms with Gasteiger partial charge in [0.05, 0.1) is 10.3 Å². The molecule has 3 heterocycles. The molecule has 0 atom stereocenters. The number of hydrogen-bond acceptors (Lipinski definition) is 7. The van der Waals surface area contributed by atoms with Gasteiger partial charge in [0.1, 0.15) is 17.0 Å². The van der Waals surface area contributed by atoms with Crippen LogP contribution >= 0.6 is 11.3 Å². The number of thiophene rings is 1. The van der Waals surface area contributed by atoms with Gasteiger partial charge in [-0.2, -0.15) is 0 Å². The SMILES string of the molecule is Cc1sc2ncnc(N3CCC(C(=O)Nc4ccc(S(C)(=O)=O)cc4)CC3)c2c1C. The maximum Gasteiger partial charge on any atom is 0.227 e. The highest BCUT2D eigenvalue weighted by Crippen LogP contribution is 2.35. The number of aryl methyl sites for hydroxylation is 2. The molecule has 2 aromatic heterocycles. The minimum absolute atomic E-state index is 0.0304. The molecule has 3 aromatic rings. The highest BCUT2D eigenvalue weighted by molar-refractivity contribution is 7.90. The lowest BCUT2D eigenvalue weighted by Gasteiger charge is -2.32. The van der Waals surface area contributed by atoms with Gasteiger partial charge in [0.2, 0.25) is 5.91 Å². The Bertz CT molecular complexity index is 1190. The number of nitrogens with one attached hydrogen (secondary N) is 1. The second-order valence-corrected chi connectivity index (χ2v) is 10.9. The van der Waals surface area contributed by atoms with Gasteiger partial charge >= 0.3 is 0 Å². The van der Waals surface area contributed by atoms with E-state index in [9.17, 15) is 13.2 Å². The van der Waals surface area contributed by atoms with Crippen LogP contribution in [-0.4, -0.2) is 43.6 Å². The Morgan fingerprint density at radius 1 is 1.13 bits per heavy atom. The molecule has 0 saturated carbocycles. The van der Waals surface area contributed by atoms with Gasteiger partial charge in [-0.25, -0.2) is 18.4 Å². The van der Waals surface area contributed by atoms with Crippen LogP contribution in [0.25, 0.3) is 10.2 Å². The average molecular weight is 445 g/mol. The van der Waals surface area contributed by atoms with E-state index in [1.54, 1.807) is 29.8 Å². The Labute approximate surface area is 180 Å². The number of anilines is 2. The van der Waals surface area contributed by atoms with Crippen LogP contribution in [0.4, 0.5) is 11.5 Å². The van der Waals surface area contributed by atoms with Crippen molar-refractivity contribution in [2.75, 3.05) is 29.6 Å². The van der Waals surface area contributed by atoms with Gasteiger partial charge < -0.3 is 10.2 Å². The first-order valence-electron chi connectivity index (χ1n) is 9.80. The van der Waals surface area contributed by atoms with Crippen LogP contribution in [0.2, 0.25) is 0 Å². The van der Waals surface area contributed by atoms with Crippen molar-refractivity contribution in [2.24, 2.45) is 5.92 Å². The maximum atomic E-state index is 12.7. The number of carbonyl (C=O) groups excluding carboxylic acids is 1. The molecule has 0 radical (unpaired) electrons. The van der Waals surface area contributed by atoms with Gasteiger partial charge in [-0.3, -0.25) is 4.79 Å². The van der Waals surface area contributed by atoms with E-state index < -0.39 is 9.84 Å². The third kappa shape index (κ3) is 4.04. The number of amides is 1. The lowest BCUT2D eigenvalue weighted by molar-refractivity contribution is -0.120. The van der Waals surface area contributed by atoms with E-state index in [4.69, 9.17) is 0 Å². The summed E-state index contributed by atoms with van der Waals surface area (Å²) in [5, 5.41) is 4.03. The van der Waals surface area contributed by atoms with E-state index in [0.717, 1.165) is 42.0 Å². The summed E-state index contributed by atoms with van der Waals surface area (Å²) in [6.45, 7) is 5.72. The van der Waals surface area contributed by atoms with Gasteiger partial charge in [0, 0.05) is 35.8 Å². The van der Waals surface area contributed by atoms with E-state index in [0.29, 0.717) is 5.69 Å². The Balaban J connectivity index is 1.42. The van der Waals surface area contributed by atoms with E-state index in [1.165, 1.54) is 28.8 Å². The third-order valence-electron chi connectivity index (χ3n) is 5.66. The monoisotopic (exact) mass is 444 g/mol. The molecule has 1 aliphatic heterocycles. The van der Waals surface area contributed by atoms with E-state index in [1.807, 2.05) is 0 Å². The Hall–Kier alpha value is -2.52. The van der Waals surface area contributed by atoms with Crippen LogP contribution in [-0.2, 0) is 14.6 Å². The van der Waals surface area contributed by atoms with Crippen LogP contribution in [0.1, 0.15) is 23.3 Å². The molecule has 7 nitrogen and oxygen atoms in total. The zero-order valence-corrected chi connectivity index (χ0v) is 18.8. The largest absolute Gasteiger partial charge is 0.356 e. The van der Waals surface area contributed by atoms with Crippen molar-refractivity contribution in [1.82, 2.24) is 9.97 Å². The molecule has 4 rings (SSSR count). The first-order valence-corrected chi connectivity index (χ1v) is 12.5. The first kappa shape index (κ1) is 20.7. The first-order chi connectivity index (χ1) is 14.2. The number of carbonyl (C=O) groups is 1. The summed E-state index contributed by atoms with van der Waals surface area (Å²) in [5.74, 6) is 0.840. The van der Waals surface area contributed by atoms with Gasteiger partial charge in [-0.1, -0.05) is 0 Å². The van der Waals surface area contributed by atoms with Crippen molar-refractivity contribution in [3.8, 4) is 0 Å². The number of aromatic nitrogens is 2. The number of fused-ring (bicyclic) bond motifs is 1. The second kappa shape index (κ2) is 7.96. The van der Waals surface area contributed by atoms with Crippen molar-refractivity contribution < 1.29 is 13.2 Å². The molecule has 0 bridgehead atoms. The number of rotatable bonds is 4. The molecule has 1 aromatic carbocycles.